The van der Waals surface area contributed by atoms with Gasteiger partial charge in [0.25, 0.3) is 0 Å². The molecule has 0 aliphatic carbocycles. The van der Waals surface area contributed by atoms with Gasteiger partial charge in [-0.05, 0) is 17.7 Å². The topological polar surface area (TPSA) is 92.9 Å². The summed E-state index contributed by atoms with van der Waals surface area (Å²) in [5.74, 6) is 2.35. The second-order valence-electron chi connectivity index (χ2n) is 5.22. The van der Waals surface area contributed by atoms with Crippen LogP contribution in [0.15, 0.2) is 29.8 Å². The predicted molar refractivity (Wildman–Crippen MR) is 102 cm³/mol. The summed E-state index contributed by atoms with van der Waals surface area (Å²) in [5.41, 5.74) is 7.66. The van der Waals surface area contributed by atoms with E-state index < -0.39 is 10.8 Å². The molecule has 0 radical (unpaired) electrons. The highest BCUT2D eigenvalue weighted by molar-refractivity contribution is 7.87. The van der Waals surface area contributed by atoms with Gasteiger partial charge in [-0.2, -0.15) is 0 Å². The molecule has 0 spiro atoms. The molecule has 0 aliphatic heterocycles. The first-order chi connectivity index (χ1) is 12.5. The molecule has 1 unspecified atom stereocenters. The molecule has 0 fully saturated rings. The molecule has 2 aromatic rings. The van der Waals surface area contributed by atoms with Gasteiger partial charge in [0.1, 0.15) is 17.2 Å². The van der Waals surface area contributed by atoms with Crippen molar-refractivity contribution in [1.82, 2.24) is 4.98 Å². The molecule has 1 heterocycles. The number of hydrogen-bond acceptors (Lipinski definition) is 7. The summed E-state index contributed by atoms with van der Waals surface area (Å²) in [7, 11) is 4.88. The van der Waals surface area contributed by atoms with E-state index in [0.717, 1.165) is 5.56 Å². The van der Waals surface area contributed by atoms with E-state index in [1.54, 1.807) is 57.2 Å². The summed E-state index contributed by atoms with van der Waals surface area (Å²) < 4.78 is 33.4. The number of hydrogen-bond donors (Lipinski definition) is 1. The van der Waals surface area contributed by atoms with Gasteiger partial charge >= 0.3 is 0 Å². The standard InChI is InChI=1S/C18H22N2O5S/c1-22-13-8-16(23-2)14(17(9-13)24-3)5-6-26(21)11-12-7-15(19)18(25-4)20-10-12/h5-10H,11,19H2,1-4H3/b6-5+. The fourth-order valence-electron chi connectivity index (χ4n) is 2.32. The van der Waals surface area contributed by atoms with E-state index in [1.165, 1.54) is 7.11 Å². The molecule has 0 aliphatic rings. The minimum Gasteiger partial charge on any atom is -0.496 e. The highest BCUT2D eigenvalue weighted by atomic mass is 32.2. The van der Waals surface area contributed by atoms with Crippen molar-refractivity contribution in [2.24, 2.45) is 0 Å². The quantitative estimate of drug-likeness (QED) is 0.755. The third kappa shape index (κ3) is 4.66. The van der Waals surface area contributed by atoms with Gasteiger partial charge in [0, 0.05) is 23.7 Å². The average Bonchev–Trinajstić information content (AvgIpc) is 2.65. The van der Waals surface area contributed by atoms with Crippen molar-refractivity contribution in [2.75, 3.05) is 34.2 Å². The average molecular weight is 378 g/mol. The monoisotopic (exact) mass is 378 g/mol. The Morgan fingerprint density at radius 3 is 2.19 bits per heavy atom. The number of nitrogens with two attached hydrogens (primary N) is 1. The van der Waals surface area contributed by atoms with Gasteiger partial charge in [-0.25, -0.2) is 4.98 Å². The SMILES string of the molecule is COc1cc(OC)c(/C=C/S(=O)Cc2cnc(OC)c(N)c2)c(OC)c1. The van der Waals surface area contributed by atoms with Crippen molar-refractivity contribution in [3.05, 3.63) is 40.9 Å². The molecule has 1 aromatic heterocycles. The van der Waals surface area contributed by atoms with Crippen molar-refractivity contribution in [3.63, 3.8) is 0 Å². The highest BCUT2D eigenvalue weighted by Crippen LogP contribution is 2.35. The Labute approximate surface area is 155 Å². The van der Waals surface area contributed by atoms with Gasteiger partial charge in [-0.15, -0.1) is 0 Å². The number of nitrogen functional groups attached to an aromatic ring is 1. The van der Waals surface area contributed by atoms with E-state index in [4.69, 9.17) is 24.7 Å². The normalized spacial score (nSPS) is 12.0. The van der Waals surface area contributed by atoms with E-state index in [2.05, 4.69) is 4.98 Å². The lowest BCUT2D eigenvalue weighted by molar-refractivity contribution is 0.374. The van der Waals surface area contributed by atoms with Crippen molar-refractivity contribution in [2.45, 2.75) is 5.75 Å². The third-order valence-electron chi connectivity index (χ3n) is 3.58. The zero-order chi connectivity index (χ0) is 19.1. The van der Waals surface area contributed by atoms with Crippen LogP contribution in [0.3, 0.4) is 0 Å². The maximum absolute atomic E-state index is 12.4. The van der Waals surface area contributed by atoms with Crippen LogP contribution in [0.5, 0.6) is 23.1 Å². The fraction of sp³-hybridized carbons (Fsp3) is 0.278. The van der Waals surface area contributed by atoms with Crippen LogP contribution < -0.4 is 24.7 Å². The Kier molecular flexibility index (Phi) is 6.85. The first-order valence-electron chi connectivity index (χ1n) is 7.66. The van der Waals surface area contributed by atoms with Crippen LogP contribution in [0.25, 0.3) is 6.08 Å². The molecule has 1 atom stereocenters. The van der Waals surface area contributed by atoms with Crippen molar-refractivity contribution < 1.29 is 23.2 Å². The summed E-state index contributed by atoms with van der Waals surface area (Å²) in [4.78, 5) is 4.08. The molecule has 7 nitrogen and oxygen atoms in total. The molecule has 0 saturated carbocycles. The number of anilines is 1. The second kappa shape index (κ2) is 9.10. The number of aromatic nitrogens is 1. The first-order valence-corrected chi connectivity index (χ1v) is 9.04. The molecule has 1 aromatic carbocycles. The Hall–Kier alpha value is -2.74. The van der Waals surface area contributed by atoms with E-state index >= 15 is 0 Å². The van der Waals surface area contributed by atoms with Gasteiger partial charge < -0.3 is 24.7 Å². The second-order valence-corrected chi connectivity index (χ2v) is 6.54. The van der Waals surface area contributed by atoms with Crippen LogP contribution in [0, 0.1) is 0 Å². The smallest absolute Gasteiger partial charge is 0.236 e. The lowest BCUT2D eigenvalue weighted by atomic mass is 10.1. The molecule has 8 heteroatoms. The molecule has 0 amide bonds. The Balaban J connectivity index is 2.21. The number of nitrogens with zero attached hydrogens (tertiary/aromatic N) is 1. The summed E-state index contributed by atoms with van der Waals surface area (Å²) in [5, 5.41) is 1.58. The zero-order valence-corrected chi connectivity index (χ0v) is 16.0. The number of ether oxygens (including phenoxy) is 4. The summed E-state index contributed by atoms with van der Waals surface area (Å²) in [6.07, 6.45) is 3.29. The van der Waals surface area contributed by atoms with E-state index in [1.807, 2.05) is 0 Å². The number of benzene rings is 1. The molecule has 0 bridgehead atoms. The van der Waals surface area contributed by atoms with Crippen molar-refractivity contribution in [1.29, 1.82) is 0 Å². The maximum atomic E-state index is 12.4. The largest absolute Gasteiger partial charge is 0.496 e. The Morgan fingerprint density at radius 2 is 1.69 bits per heavy atom. The highest BCUT2D eigenvalue weighted by Gasteiger charge is 2.11. The molecule has 140 valence electrons. The van der Waals surface area contributed by atoms with Crippen LogP contribution in [0.1, 0.15) is 11.1 Å². The fourth-order valence-corrected chi connectivity index (χ4v) is 3.19. The Morgan fingerprint density at radius 1 is 1.04 bits per heavy atom. The van der Waals surface area contributed by atoms with Gasteiger partial charge in [-0.3, -0.25) is 4.21 Å². The van der Waals surface area contributed by atoms with Crippen LogP contribution in [-0.4, -0.2) is 37.6 Å². The number of methoxy groups -OCH3 is 4. The minimum atomic E-state index is -1.28. The summed E-state index contributed by atoms with van der Waals surface area (Å²) in [6, 6.07) is 5.17. The van der Waals surface area contributed by atoms with Crippen LogP contribution >= 0.6 is 0 Å². The zero-order valence-electron chi connectivity index (χ0n) is 15.1. The molecule has 2 N–H and O–H groups in total. The van der Waals surface area contributed by atoms with E-state index in [-0.39, 0.29) is 5.75 Å². The number of pyridine rings is 1. The molecule has 26 heavy (non-hydrogen) atoms. The van der Waals surface area contributed by atoms with Gasteiger partial charge in [0.15, 0.2) is 0 Å². The van der Waals surface area contributed by atoms with Crippen molar-refractivity contribution >= 4 is 22.6 Å². The number of rotatable bonds is 8. The molecular formula is C18H22N2O5S. The predicted octanol–water partition coefficient (Wildman–Crippen LogP) is 2.62. The molecular weight excluding hydrogens is 356 g/mol. The van der Waals surface area contributed by atoms with Crippen LogP contribution in [0.4, 0.5) is 5.69 Å². The summed E-state index contributed by atoms with van der Waals surface area (Å²) in [6.45, 7) is 0. The van der Waals surface area contributed by atoms with Crippen LogP contribution in [0.2, 0.25) is 0 Å². The van der Waals surface area contributed by atoms with Gasteiger partial charge in [-0.1, -0.05) is 0 Å². The van der Waals surface area contributed by atoms with Gasteiger partial charge in [0.2, 0.25) is 5.88 Å². The van der Waals surface area contributed by atoms with Crippen molar-refractivity contribution in [3.8, 4) is 23.1 Å². The van der Waals surface area contributed by atoms with E-state index in [0.29, 0.717) is 34.4 Å². The molecule has 0 saturated heterocycles. The Bertz CT molecular complexity index is 798. The minimum absolute atomic E-state index is 0.276. The molecule has 2 rings (SSSR count). The first kappa shape index (κ1) is 19.6. The lowest BCUT2D eigenvalue weighted by Crippen LogP contribution is -1.99. The van der Waals surface area contributed by atoms with E-state index in [9.17, 15) is 4.21 Å². The third-order valence-corrected chi connectivity index (χ3v) is 4.63. The van der Waals surface area contributed by atoms with Gasteiger partial charge in [0.05, 0.1) is 56.2 Å². The maximum Gasteiger partial charge on any atom is 0.236 e. The summed E-state index contributed by atoms with van der Waals surface area (Å²) >= 11 is 0. The lowest BCUT2D eigenvalue weighted by Gasteiger charge is -2.12. The van der Waals surface area contributed by atoms with Crippen LogP contribution in [-0.2, 0) is 16.6 Å².